The Labute approximate surface area is 188 Å². The molecule has 0 atom stereocenters. The Balaban J connectivity index is 0.000000210. The van der Waals surface area contributed by atoms with Crippen LogP contribution >= 0.6 is 11.8 Å². The molecule has 0 aliphatic rings. The molecule has 1 aromatic heterocycles. The Morgan fingerprint density at radius 2 is 1.48 bits per heavy atom. The van der Waals surface area contributed by atoms with Crippen molar-refractivity contribution in [3.63, 3.8) is 0 Å². The summed E-state index contributed by atoms with van der Waals surface area (Å²) in [6, 6.07) is 27.4. The van der Waals surface area contributed by atoms with E-state index < -0.39 is 10.1 Å². The summed E-state index contributed by atoms with van der Waals surface area (Å²) in [7, 11) is -4.27. The van der Waals surface area contributed by atoms with Gasteiger partial charge in [-0.15, -0.1) is 0 Å². The molecule has 0 aliphatic heterocycles. The lowest BCUT2D eigenvalue weighted by molar-refractivity contribution is -0.704. The van der Waals surface area contributed by atoms with Gasteiger partial charge in [0.05, 0.1) is 4.90 Å². The monoisotopic (exact) mass is 451 g/mol. The van der Waals surface area contributed by atoms with E-state index in [9.17, 15) is 13.0 Å². The number of hydrogen-bond acceptors (Lipinski definition) is 4. The van der Waals surface area contributed by atoms with Crippen molar-refractivity contribution in [1.29, 1.82) is 0 Å². The normalized spacial score (nSPS) is 11.1. The first kappa shape index (κ1) is 23.0. The van der Waals surface area contributed by atoms with Crippen molar-refractivity contribution in [2.45, 2.75) is 42.1 Å². The minimum Gasteiger partial charge on any atom is -0.744 e. The van der Waals surface area contributed by atoms with Crippen LogP contribution < -0.4 is 4.57 Å². The van der Waals surface area contributed by atoms with E-state index in [-0.39, 0.29) is 4.90 Å². The molecule has 1 heterocycles. The second-order valence-corrected chi connectivity index (χ2v) is 9.63. The van der Waals surface area contributed by atoms with Gasteiger partial charge in [-0.1, -0.05) is 47.5 Å². The topological polar surface area (TPSA) is 61.1 Å². The van der Waals surface area contributed by atoms with Gasteiger partial charge in [0.2, 0.25) is 10.5 Å². The summed E-state index contributed by atoms with van der Waals surface area (Å²) in [5.41, 5.74) is 3.54. The Kier molecular flexibility index (Phi) is 7.49. The second-order valence-electron chi connectivity index (χ2n) is 7.16. The third-order valence-corrected chi connectivity index (χ3v) is 6.66. The molecule has 0 amide bonds. The molecule has 0 radical (unpaired) electrons. The Hall–Kier alpha value is -2.67. The highest BCUT2D eigenvalue weighted by molar-refractivity contribution is 7.99. The minimum absolute atomic E-state index is 0.178. The first-order valence-electron chi connectivity index (χ1n) is 9.96. The van der Waals surface area contributed by atoms with E-state index in [1.807, 2.05) is 18.7 Å². The maximum atomic E-state index is 10.4. The van der Waals surface area contributed by atoms with Crippen LogP contribution in [0.25, 0.3) is 10.9 Å². The second kappa shape index (κ2) is 10.1. The zero-order valence-corrected chi connectivity index (χ0v) is 19.4. The van der Waals surface area contributed by atoms with E-state index in [1.54, 1.807) is 12.1 Å². The SMILES string of the molecule is CC[n+]1c(Sc2ccccc2)ccc2cc(C)ccc21.Cc1ccc(S(=O)(=O)[O-])cc1. The standard InChI is InChI=1S/C18H18NS.C7H8O3S/c1-3-19-17-11-9-14(2)13-15(17)10-12-18(19)20-16-7-5-4-6-8-16;1-6-2-4-7(5-3-6)11(8,9)10/h4-13H,3H2,1-2H3;2-5H,1H3,(H,8,9,10)/q+1;/p-1. The quantitative estimate of drug-likeness (QED) is 0.303. The first-order valence-corrected chi connectivity index (χ1v) is 12.2. The van der Waals surface area contributed by atoms with Crippen molar-refractivity contribution in [3.05, 3.63) is 96.1 Å². The number of nitrogens with zero attached hydrogens (tertiary/aromatic N) is 1. The van der Waals surface area contributed by atoms with Crippen molar-refractivity contribution in [3.8, 4) is 0 Å². The Morgan fingerprint density at radius 3 is 2.10 bits per heavy atom. The summed E-state index contributed by atoms with van der Waals surface area (Å²) in [5, 5.41) is 2.60. The third-order valence-electron chi connectivity index (χ3n) is 4.74. The lowest BCUT2D eigenvalue weighted by Crippen LogP contribution is -2.35. The van der Waals surface area contributed by atoms with Crippen LogP contribution in [0.4, 0.5) is 0 Å². The molecule has 0 spiro atoms. The molecule has 3 aromatic carbocycles. The molecule has 0 unspecified atom stereocenters. The average molecular weight is 452 g/mol. The molecule has 6 heteroatoms. The van der Waals surface area contributed by atoms with E-state index in [4.69, 9.17) is 0 Å². The summed E-state index contributed by atoms with van der Waals surface area (Å²) >= 11 is 1.82. The van der Waals surface area contributed by atoms with Crippen molar-refractivity contribution in [1.82, 2.24) is 0 Å². The summed E-state index contributed by atoms with van der Waals surface area (Å²) in [6.07, 6.45) is 0. The number of aryl methyl sites for hydroxylation is 3. The molecular weight excluding hydrogens is 426 g/mol. The van der Waals surface area contributed by atoms with Gasteiger partial charge in [-0.2, -0.15) is 4.57 Å². The third kappa shape index (κ3) is 6.17. The molecule has 4 rings (SSSR count). The zero-order chi connectivity index (χ0) is 22.4. The highest BCUT2D eigenvalue weighted by Gasteiger charge is 2.15. The predicted molar refractivity (Wildman–Crippen MR) is 124 cm³/mol. The maximum absolute atomic E-state index is 10.4. The number of pyridine rings is 1. The Bertz CT molecular complexity index is 1270. The molecule has 0 N–H and O–H groups in total. The summed E-state index contributed by atoms with van der Waals surface area (Å²) in [6.45, 7) is 7.15. The van der Waals surface area contributed by atoms with E-state index in [1.165, 1.54) is 38.5 Å². The van der Waals surface area contributed by atoms with Crippen molar-refractivity contribution >= 4 is 32.8 Å². The predicted octanol–water partition coefficient (Wildman–Crippen LogP) is 5.51. The van der Waals surface area contributed by atoms with Gasteiger partial charge >= 0.3 is 0 Å². The van der Waals surface area contributed by atoms with Gasteiger partial charge in [0.1, 0.15) is 16.7 Å². The van der Waals surface area contributed by atoms with Crippen LogP contribution in [0.1, 0.15) is 18.1 Å². The fourth-order valence-electron chi connectivity index (χ4n) is 3.15. The smallest absolute Gasteiger partial charge is 0.245 e. The Morgan fingerprint density at radius 1 is 0.839 bits per heavy atom. The van der Waals surface area contributed by atoms with Gasteiger partial charge in [-0.25, -0.2) is 8.42 Å². The number of aromatic nitrogens is 1. The fourth-order valence-corrected chi connectivity index (χ4v) is 4.63. The van der Waals surface area contributed by atoms with Crippen molar-refractivity contribution in [2.75, 3.05) is 0 Å². The number of benzene rings is 3. The molecule has 31 heavy (non-hydrogen) atoms. The summed E-state index contributed by atoms with van der Waals surface area (Å²) < 4.78 is 33.5. The van der Waals surface area contributed by atoms with Gasteiger partial charge in [0.25, 0.3) is 0 Å². The highest BCUT2D eigenvalue weighted by Crippen LogP contribution is 2.26. The molecule has 4 nitrogen and oxygen atoms in total. The van der Waals surface area contributed by atoms with E-state index in [2.05, 4.69) is 79.1 Å². The van der Waals surface area contributed by atoms with Crippen LogP contribution in [0.3, 0.4) is 0 Å². The first-order chi connectivity index (χ1) is 14.8. The van der Waals surface area contributed by atoms with Crippen LogP contribution in [-0.2, 0) is 16.7 Å². The molecule has 4 aromatic rings. The van der Waals surface area contributed by atoms with E-state index in [0.717, 1.165) is 12.1 Å². The van der Waals surface area contributed by atoms with E-state index in [0.29, 0.717) is 0 Å². The van der Waals surface area contributed by atoms with Crippen LogP contribution in [0.5, 0.6) is 0 Å². The van der Waals surface area contributed by atoms with Gasteiger partial charge in [0.15, 0.2) is 0 Å². The van der Waals surface area contributed by atoms with Gasteiger partial charge in [0, 0.05) is 22.4 Å². The van der Waals surface area contributed by atoms with Crippen molar-refractivity contribution in [2.24, 2.45) is 0 Å². The zero-order valence-electron chi connectivity index (χ0n) is 17.8. The molecule has 0 saturated heterocycles. The lowest BCUT2D eigenvalue weighted by Gasteiger charge is -2.06. The van der Waals surface area contributed by atoms with Crippen molar-refractivity contribution < 1.29 is 17.5 Å². The molecule has 0 aliphatic carbocycles. The molecule has 0 bridgehead atoms. The molecule has 160 valence electrons. The summed E-state index contributed by atoms with van der Waals surface area (Å²) in [5.74, 6) is 0. The summed E-state index contributed by atoms with van der Waals surface area (Å²) in [4.78, 5) is 1.10. The lowest BCUT2D eigenvalue weighted by atomic mass is 10.1. The maximum Gasteiger partial charge on any atom is 0.245 e. The number of rotatable bonds is 4. The van der Waals surface area contributed by atoms with Gasteiger partial charge in [-0.3, -0.25) is 0 Å². The van der Waals surface area contributed by atoms with Crippen LogP contribution in [0.2, 0.25) is 0 Å². The van der Waals surface area contributed by atoms with Crippen LogP contribution in [-0.4, -0.2) is 13.0 Å². The minimum atomic E-state index is -4.27. The number of fused-ring (bicyclic) bond motifs is 1. The molecule has 0 saturated carbocycles. The van der Waals surface area contributed by atoms with Gasteiger partial charge < -0.3 is 4.55 Å². The molecular formula is C25H25NO3S2. The molecule has 0 fully saturated rings. The largest absolute Gasteiger partial charge is 0.744 e. The van der Waals surface area contributed by atoms with Crippen LogP contribution in [0, 0.1) is 13.8 Å². The highest BCUT2D eigenvalue weighted by atomic mass is 32.2. The average Bonchev–Trinajstić information content (AvgIpc) is 2.74. The van der Waals surface area contributed by atoms with E-state index >= 15 is 0 Å². The fraction of sp³-hybridized carbons (Fsp3) is 0.160. The number of hydrogen-bond donors (Lipinski definition) is 0. The van der Waals surface area contributed by atoms with Gasteiger partial charge in [-0.05, 0) is 68.9 Å². The van der Waals surface area contributed by atoms with Crippen LogP contribution in [0.15, 0.2) is 99.7 Å².